The first-order chi connectivity index (χ1) is 9.66. The lowest BCUT2D eigenvalue weighted by molar-refractivity contribution is -0.313. The summed E-state index contributed by atoms with van der Waals surface area (Å²) in [5.41, 5.74) is 0. The molecule has 1 amide bonds. The molecule has 110 valence electrons. The van der Waals surface area contributed by atoms with Gasteiger partial charge >= 0.3 is 0 Å². The van der Waals surface area contributed by atoms with Gasteiger partial charge in [-0.25, -0.2) is 0 Å². The van der Waals surface area contributed by atoms with E-state index in [4.69, 9.17) is 0 Å². The average molecular weight is 276 g/mol. The van der Waals surface area contributed by atoms with Crippen LogP contribution in [0.1, 0.15) is 44.9 Å². The highest BCUT2D eigenvalue weighted by atomic mass is 16.4. The molecule has 0 aromatic heterocycles. The highest BCUT2D eigenvalue weighted by Gasteiger charge is 2.48. The Morgan fingerprint density at radius 2 is 1.55 bits per heavy atom. The van der Waals surface area contributed by atoms with Gasteiger partial charge in [0.2, 0.25) is 5.91 Å². The van der Waals surface area contributed by atoms with Crippen LogP contribution in [0.3, 0.4) is 0 Å². The number of carboxylic acids is 1. The second kappa shape index (κ2) is 5.58. The van der Waals surface area contributed by atoms with Gasteiger partial charge in [-0.15, -0.1) is 0 Å². The number of amides is 1. The molecule has 4 nitrogen and oxygen atoms in total. The van der Waals surface area contributed by atoms with Gasteiger partial charge < -0.3 is 15.2 Å². The van der Waals surface area contributed by atoms with Crippen LogP contribution in [-0.4, -0.2) is 17.9 Å². The molecule has 3 rings (SSSR count). The van der Waals surface area contributed by atoms with Crippen LogP contribution in [0.5, 0.6) is 0 Å². The first-order valence-electron chi connectivity index (χ1n) is 7.86. The number of fused-ring (bicyclic) bond motifs is 2. The van der Waals surface area contributed by atoms with Gasteiger partial charge in [0, 0.05) is 17.9 Å². The Morgan fingerprint density at radius 3 is 2.15 bits per heavy atom. The number of nitrogens with one attached hydrogen (secondary N) is 1. The predicted octanol–water partition coefficient (Wildman–Crippen LogP) is 1.01. The molecule has 1 N–H and O–H groups in total. The lowest BCUT2D eigenvalue weighted by atomic mass is 9.82. The summed E-state index contributed by atoms with van der Waals surface area (Å²) in [6.07, 6.45) is 11.6. The van der Waals surface area contributed by atoms with E-state index < -0.39 is 17.8 Å². The molecule has 2 bridgehead atoms. The monoisotopic (exact) mass is 276 g/mol. The normalized spacial score (nSPS) is 36.8. The minimum atomic E-state index is -1.07. The van der Waals surface area contributed by atoms with E-state index in [-0.39, 0.29) is 23.8 Å². The van der Waals surface area contributed by atoms with Crippen LogP contribution in [0.15, 0.2) is 12.2 Å². The molecule has 4 atom stereocenters. The Kier molecular flexibility index (Phi) is 3.81. The lowest BCUT2D eigenvalue weighted by Crippen LogP contribution is -2.47. The molecule has 0 unspecified atom stereocenters. The molecule has 4 heteroatoms. The fourth-order valence-corrected chi connectivity index (χ4v) is 4.22. The van der Waals surface area contributed by atoms with Crippen molar-refractivity contribution in [2.75, 3.05) is 0 Å². The summed E-state index contributed by atoms with van der Waals surface area (Å²) in [6.45, 7) is 0. The van der Waals surface area contributed by atoms with Crippen LogP contribution < -0.4 is 10.4 Å². The number of rotatable bonds is 3. The zero-order valence-corrected chi connectivity index (χ0v) is 11.7. The van der Waals surface area contributed by atoms with Crippen molar-refractivity contribution in [3.8, 4) is 0 Å². The minimum Gasteiger partial charge on any atom is -0.550 e. The Morgan fingerprint density at radius 1 is 0.950 bits per heavy atom. The van der Waals surface area contributed by atoms with Crippen LogP contribution >= 0.6 is 0 Å². The molecule has 0 spiro atoms. The van der Waals surface area contributed by atoms with Crippen LogP contribution in [-0.2, 0) is 9.59 Å². The predicted molar refractivity (Wildman–Crippen MR) is 72.4 cm³/mol. The summed E-state index contributed by atoms with van der Waals surface area (Å²) >= 11 is 0. The standard InChI is InChI=1S/C16H23NO3/c18-15(17-12-5-3-1-2-4-6-12)13-10-7-8-11(9-10)14(13)16(19)20/h7-8,10-14H,1-6,9H2,(H,17,18)(H,19,20)/p-1/t10-,11-,13-,14-/m0/s1. The quantitative estimate of drug-likeness (QED) is 0.618. The first kappa shape index (κ1) is 13.7. The summed E-state index contributed by atoms with van der Waals surface area (Å²) in [6, 6.07) is 0.232. The van der Waals surface area contributed by atoms with E-state index in [0.717, 1.165) is 32.1 Å². The van der Waals surface area contributed by atoms with E-state index in [2.05, 4.69) is 5.32 Å². The molecule has 2 saturated carbocycles. The fourth-order valence-electron chi connectivity index (χ4n) is 4.22. The van der Waals surface area contributed by atoms with Crippen molar-refractivity contribution >= 4 is 11.9 Å². The van der Waals surface area contributed by atoms with E-state index >= 15 is 0 Å². The molecule has 0 saturated heterocycles. The topological polar surface area (TPSA) is 69.2 Å². The molecule has 0 heterocycles. The van der Waals surface area contributed by atoms with Crippen molar-refractivity contribution in [3.63, 3.8) is 0 Å². The second-order valence-corrected chi connectivity index (χ2v) is 6.52. The van der Waals surface area contributed by atoms with Gasteiger partial charge in [-0.2, -0.15) is 0 Å². The van der Waals surface area contributed by atoms with E-state index in [0.29, 0.717) is 0 Å². The van der Waals surface area contributed by atoms with Gasteiger partial charge in [0.25, 0.3) is 0 Å². The molecular weight excluding hydrogens is 254 g/mol. The summed E-state index contributed by atoms with van der Waals surface area (Å²) in [5, 5.41) is 14.4. The van der Waals surface area contributed by atoms with Crippen LogP contribution in [0, 0.1) is 23.7 Å². The highest BCUT2D eigenvalue weighted by molar-refractivity contribution is 5.86. The van der Waals surface area contributed by atoms with Crippen molar-refractivity contribution in [3.05, 3.63) is 12.2 Å². The van der Waals surface area contributed by atoms with Gasteiger partial charge in [-0.05, 0) is 31.1 Å². The molecule has 3 aliphatic rings. The van der Waals surface area contributed by atoms with Crippen LogP contribution in [0.2, 0.25) is 0 Å². The van der Waals surface area contributed by atoms with Crippen LogP contribution in [0.25, 0.3) is 0 Å². The third-order valence-corrected chi connectivity index (χ3v) is 5.24. The molecule has 2 fully saturated rings. The van der Waals surface area contributed by atoms with Crippen molar-refractivity contribution in [2.45, 2.75) is 51.0 Å². The maximum absolute atomic E-state index is 12.5. The van der Waals surface area contributed by atoms with E-state index in [9.17, 15) is 14.7 Å². The number of hydrogen-bond donors (Lipinski definition) is 1. The SMILES string of the molecule is O=C([O-])[C@@H]1[C@@H](C(=O)NC2CCCCCC2)[C@H]2C=C[C@H]1C2. The van der Waals surface area contributed by atoms with Gasteiger partial charge in [-0.1, -0.05) is 37.8 Å². The second-order valence-electron chi connectivity index (χ2n) is 6.52. The summed E-state index contributed by atoms with van der Waals surface area (Å²) < 4.78 is 0. The number of carbonyl (C=O) groups excluding carboxylic acids is 2. The minimum absolute atomic E-state index is 0.00474. The van der Waals surface area contributed by atoms with Gasteiger partial charge in [0.05, 0.1) is 5.92 Å². The van der Waals surface area contributed by atoms with Crippen molar-refractivity contribution < 1.29 is 14.7 Å². The Hall–Kier alpha value is -1.32. The molecule has 3 aliphatic carbocycles. The molecule has 0 aliphatic heterocycles. The average Bonchev–Trinajstić information content (AvgIpc) is 2.93. The van der Waals surface area contributed by atoms with Gasteiger partial charge in [-0.3, -0.25) is 4.79 Å². The number of allylic oxidation sites excluding steroid dienone is 2. The van der Waals surface area contributed by atoms with Gasteiger partial charge in [0.15, 0.2) is 0 Å². The van der Waals surface area contributed by atoms with E-state index in [1.807, 2.05) is 12.2 Å². The highest BCUT2D eigenvalue weighted by Crippen LogP contribution is 2.47. The largest absolute Gasteiger partial charge is 0.550 e. The Bertz CT molecular complexity index is 423. The smallest absolute Gasteiger partial charge is 0.224 e. The van der Waals surface area contributed by atoms with Gasteiger partial charge in [0.1, 0.15) is 0 Å². The van der Waals surface area contributed by atoms with Crippen molar-refractivity contribution in [1.29, 1.82) is 0 Å². The summed E-state index contributed by atoms with van der Waals surface area (Å²) in [7, 11) is 0. The van der Waals surface area contributed by atoms with E-state index in [1.54, 1.807) is 0 Å². The third-order valence-electron chi connectivity index (χ3n) is 5.24. The number of carboxylic acid groups (broad SMARTS) is 1. The molecule has 0 radical (unpaired) electrons. The Balaban J connectivity index is 1.66. The summed E-state index contributed by atoms with van der Waals surface area (Å²) in [4.78, 5) is 23.8. The lowest BCUT2D eigenvalue weighted by Gasteiger charge is -2.29. The number of carbonyl (C=O) groups is 2. The maximum atomic E-state index is 12.5. The zero-order valence-electron chi connectivity index (χ0n) is 11.7. The Labute approximate surface area is 119 Å². The molecule has 0 aromatic rings. The number of aliphatic carboxylic acids is 1. The molecule has 20 heavy (non-hydrogen) atoms. The molecule has 0 aromatic carbocycles. The third kappa shape index (κ3) is 2.48. The number of hydrogen-bond acceptors (Lipinski definition) is 3. The van der Waals surface area contributed by atoms with Crippen molar-refractivity contribution in [1.82, 2.24) is 5.32 Å². The van der Waals surface area contributed by atoms with E-state index in [1.165, 1.54) is 12.8 Å². The van der Waals surface area contributed by atoms with Crippen LogP contribution in [0.4, 0.5) is 0 Å². The maximum Gasteiger partial charge on any atom is 0.224 e. The fraction of sp³-hybridized carbons (Fsp3) is 0.750. The first-order valence-corrected chi connectivity index (χ1v) is 7.86. The summed E-state index contributed by atoms with van der Waals surface area (Å²) in [5.74, 6) is -2.09. The molecular formula is C16H22NO3-. The van der Waals surface area contributed by atoms with Crippen molar-refractivity contribution in [2.24, 2.45) is 23.7 Å². The zero-order chi connectivity index (χ0) is 14.1.